The van der Waals surface area contributed by atoms with Crippen molar-refractivity contribution < 1.29 is 14.4 Å². The van der Waals surface area contributed by atoms with Crippen LogP contribution in [0.25, 0.3) is 0 Å². The van der Waals surface area contributed by atoms with Crippen LogP contribution >= 0.6 is 9.47 Å². The van der Waals surface area contributed by atoms with Crippen molar-refractivity contribution in [1.29, 1.82) is 0 Å². The molecule has 3 nitrogen and oxygen atoms in total. The van der Waals surface area contributed by atoms with Crippen molar-refractivity contribution in [2.75, 3.05) is 6.61 Å². The van der Waals surface area contributed by atoms with Gasteiger partial charge in [0, 0.05) is 9.47 Å². The molecule has 0 aliphatic rings. The first-order valence-electron chi connectivity index (χ1n) is 8.07. The van der Waals surface area contributed by atoms with E-state index in [-0.39, 0.29) is 6.61 Å². The Morgan fingerprint density at radius 3 is 1.83 bits per heavy atom. The Morgan fingerprint density at radius 1 is 0.870 bits per heavy atom. The Morgan fingerprint density at radius 2 is 1.35 bits per heavy atom. The zero-order valence-corrected chi connectivity index (χ0v) is 15.6. The van der Waals surface area contributed by atoms with Gasteiger partial charge in [-0.25, -0.2) is 0 Å². The van der Waals surface area contributed by atoms with E-state index in [0.29, 0.717) is 0 Å². The highest BCUT2D eigenvalue weighted by Crippen LogP contribution is 2.25. The average Bonchev–Trinajstić information content (AvgIpc) is 2.65. The van der Waals surface area contributed by atoms with Gasteiger partial charge in [-0.2, -0.15) is 0 Å². The maximum atomic E-state index is 10.2. The molecule has 2 aromatic carbocycles. The fourth-order valence-electron chi connectivity index (χ4n) is 1.84. The first-order valence-corrected chi connectivity index (χ1v) is 8.55. The predicted octanol–water partition coefficient (Wildman–Crippen LogP) is 5.03. The van der Waals surface area contributed by atoms with E-state index in [1.807, 2.05) is 88.4 Å². The molecule has 0 aliphatic carbocycles. The minimum Gasteiger partial charge on any atom is -0.483 e. The van der Waals surface area contributed by atoms with Crippen LogP contribution in [0.2, 0.25) is 0 Å². The van der Waals surface area contributed by atoms with Crippen LogP contribution in [0, 0.1) is 0 Å². The second-order valence-electron chi connectivity index (χ2n) is 4.16. The number of aliphatic hydroxyl groups is 1. The maximum absolute atomic E-state index is 10.2. The smallest absolute Gasteiger partial charge is 0.152 e. The SMILES string of the molecule is CC.CC.OC(COP)C(Oc1ccccc1)c1ccccc1. The van der Waals surface area contributed by atoms with Gasteiger partial charge in [-0.05, 0) is 17.7 Å². The number of para-hydroxylation sites is 1. The Labute approximate surface area is 142 Å². The van der Waals surface area contributed by atoms with Crippen LogP contribution < -0.4 is 4.74 Å². The molecule has 4 heteroatoms. The first kappa shape index (κ1) is 21.6. The van der Waals surface area contributed by atoms with E-state index in [0.717, 1.165) is 11.3 Å². The Hall–Kier alpha value is -1.41. The van der Waals surface area contributed by atoms with Gasteiger partial charge < -0.3 is 14.4 Å². The summed E-state index contributed by atoms with van der Waals surface area (Å²) in [6.07, 6.45) is -1.19. The molecule has 0 fully saturated rings. The van der Waals surface area contributed by atoms with Crippen molar-refractivity contribution in [3.63, 3.8) is 0 Å². The van der Waals surface area contributed by atoms with Crippen molar-refractivity contribution in [3.05, 3.63) is 66.2 Å². The van der Waals surface area contributed by atoms with E-state index in [2.05, 4.69) is 9.47 Å². The molecule has 3 atom stereocenters. The molecule has 2 aromatic rings. The first-order chi connectivity index (χ1) is 11.3. The van der Waals surface area contributed by atoms with Crippen molar-refractivity contribution in [3.8, 4) is 5.75 Å². The number of ether oxygens (including phenoxy) is 1. The highest BCUT2D eigenvalue weighted by Gasteiger charge is 2.23. The second kappa shape index (κ2) is 14.2. The van der Waals surface area contributed by atoms with Crippen LogP contribution in [0.3, 0.4) is 0 Å². The van der Waals surface area contributed by atoms with Crippen LogP contribution in [0.4, 0.5) is 0 Å². The molecular weight excluding hydrogens is 307 g/mol. The molecule has 128 valence electrons. The summed E-state index contributed by atoms with van der Waals surface area (Å²) in [5.41, 5.74) is 0.918. The van der Waals surface area contributed by atoms with Crippen LogP contribution in [-0.2, 0) is 4.52 Å². The summed E-state index contributed by atoms with van der Waals surface area (Å²) < 4.78 is 10.8. The monoisotopic (exact) mass is 336 g/mol. The van der Waals surface area contributed by atoms with Crippen molar-refractivity contribution in [2.24, 2.45) is 0 Å². The van der Waals surface area contributed by atoms with Gasteiger partial charge in [0.05, 0.1) is 6.61 Å². The maximum Gasteiger partial charge on any atom is 0.152 e. The zero-order chi connectivity index (χ0) is 17.5. The molecule has 0 heterocycles. The van der Waals surface area contributed by atoms with Crippen LogP contribution in [0.5, 0.6) is 5.75 Å². The van der Waals surface area contributed by atoms with E-state index in [9.17, 15) is 5.11 Å². The van der Waals surface area contributed by atoms with Gasteiger partial charge >= 0.3 is 0 Å². The molecule has 0 bridgehead atoms. The third-order valence-corrected chi connectivity index (χ3v) is 2.94. The molecule has 0 aromatic heterocycles. The molecule has 0 saturated heterocycles. The van der Waals surface area contributed by atoms with E-state index in [4.69, 9.17) is 9.26 Å². The van der Waals surface area contributed by atoms with Crippen LogP contribution in [0.1, 0.15) is 39.4 Å². The fraction of sp³-hybridized carbons (Fsp3) is 0.368. The number of benzene rings is 2. The van der Waals surface area contributed by atoms with Gasteiger partial charge in [0.2, 0.25) is 0 Å². The summed E-state index contributed by atoms with van der Waals surface area (Å²) in [5, 5.41) is 10.2. The highest BCUT2D eigenvalue weighted by atomic mass is 31.0. The van der Waals surface area contributed by atoms with Gasteiger partial charge in [0.15, 0.2) is 6.10 Å². The number of hydrogen-bond donors (Lipinski definition) is 1. The molecule has 2 rings (SSSR count). The van der Waals surface area contributed by atoms with Gasteiger partial charge in [-0.15, -0.1) is 0 Å². The lowest BCUT2D eigenvalue weighted by Gasteiger charge is -2.24. The van der Waals surface area contributed by atoms with E-state index >= 15 is 0 Å². The third kappa shape index (κ3) is 8.13. The molecule has 23 heavy (non-hydrogen) atoms. The largest absolute Gasteiger partial charge is 0.483 e. The summed E-state index contributed by atoms with van der Waals surface area (Å²) in [6, 6.07) is 19.1. The van der Waals surface area contributed by atoms with E-state index in [1.54, 1.807) is 0 Å². The van der Waals surface area contributed by atoms with Crippen LogP contribution in [-0.4, -0.2) is 17.8 Å². The standard InChI is InChI=1S/C15H17O3P.2C2H6/c16-14(11-17-19)15(12-7-3-1-4-8-12)18-13-9-5-2-6-10-13;2*1-2/h1-10,14-16H,11,19H2;2*1-2H3. The molecule has 0 amide bonds. The number of aliphatic hydroxyl groups excluding tert-OH is 1. The van der Waals surface area contributed by atoms with Crippen molar-refractivity contribution in [2.45, 2.75) is 39.9 Å². The van der Waals surface area contributed by atoms with Gasteiger partial charge in [-0.1, -0.05) is 76.2 Å². The Bertz CT molecular complexity index is 476. The Kier molecular flexibility index (Phi) is 13.3. The zero-order valence-electron chi connectivity index (χ0n) is 14.5. The quantitative estimate of drug-likeness (QED) is 0.752. The summed E-state index contributed by atoms with van der Waals surface area (Å²) in [6.45, 7) is 8.19. The molecule has 0 spiro atoms. The average molecular weight is 336 g/mol. The van der Waals surface area contributed by atoms with E-state index < -0.39 is 12.2 Å². The number of hydrogen-bond acceptors (Lipinski definition) is 3. The summed E-state index contributed by atoms with van der Waals surface area (Å²) in [5.74, 6) is 0.721. The molecule has 1 N–H and O–H groups in total. The Balaban J connectivity index is 0.00000112. The highest BCUT2D eigenvalue weighted by molar-refractivity contribution is 7.09. The third-order valence-electron chi connectivity index (χ3n) is 2.75. The summed E-state index contributed by atoms with van der Waals surface area (Å²) in [4.78, 5) is 0. The normalized spacial score (nSPS) is 11.9. The van der Waals surface area contributed by atoms with E-state index in [1.165, 1.54) is 0 Å². The van der Waals surface area contributed by atoms with Crippen molar-refractivity contribution >= 4 is 9.47 Å². The van der Waals surface area contributed by atoms with Gasteiger partial charge in [0.1, 0.15) is 11.9 Å². The minimum atomic E-state index is -0.736. The molecule has 0 aliphatic heterocycles. The molecular formula is C19H29O3P. The molecule has 0 saturated carbocycles. The topological polar surface area (TPSA) is 38.7 Å². The van der Waals surface area contributed by atoms with Gasteiger partial charge in [-0.3, -0.25) is 0 Å². The molecule has 0 radical (unpaired) electrons. The lowest BCUT2D eigenvalue weighted by Crippen LogP contribution is -2.27. The predicted molar refractivity (Wildman–Crippen MR) is 101 cm³/mol. The fourth-order valence-corrected chi connectivity index (χ4v) is 2.04. The molecule has 3 unspecified atom stereocenters. The lowest BCUT2D eigenvalue weighted by atomic mass is 10.0. The summed E-state index contributed by atoms with van der Waals surface area (Å²) >= 11 is 0. The van der Waals surface area contributed by atoms with Crippen molar-refractivity contribution in [1.82, 2.24) is 0 Å². The second-order valence-corrected chi connectivity index (χ2v) is 4.50. The van der Waals surface area contributed by atoms with Gasteiger partial charge in [0.25, 0.3) is 0 Å². The number of rotatable bonds is 6. The lowest BCUT2D eigenvalue weighted by molar-refractivity contribution is 0.00908. The minimum absolute atomic E-state index is 0.192. The summed E-state index contributed by atoms with van der Waals surface area (Å²) in [7, 11) is 2.14. The van der Waals surface area contributed by atoms with Crippen LogP contribution in [0.15, 0.2) is 60.7 Å².